The molecule has 1 saturated heterocycles. The number of hydrogen-bond acceptors (Lipinski definition) is 3. The minimum Gasteiger partial charge on any atom is -0.331 e. The Morgan fingerprint density at radius 3 is 2.96 bits per heavy atom. The second-order valence-electron chi connectivity index (χ2n) is 6.36. The number of imidazole rings is 1. The molecule has 0 saturated carbocycles. The summed E-state index contributed by atoms with van der Waals surface area (Å²) in [4.78, 5) is 30.9. The average Bonchev–Trinajstić information content (AvgIpc) is 3.17. The summed E-state index contributed by atoms with van der Waals surface area (Å²) in [6.45, 7) is 2.66. The van der Waals surface area contributed by atoms with Crippen molar-refractivity contribution >= 4 is 17.5 Å². The quantitative estimate of drug-likeness (QED) is 0.910. The molecule has 0 radical (unpaired) electrons. The van der Waals surface area contributed by atoms with Gasteiger partial charge in [0, 0.05) is 36.7 Å². The number of piperidine rings is 1. The number of anilines is 1. The van der Waals surface area contributed by atoms with Crippen LogP contribution in [0.3, 0.4) is 0 Å². The molecule has 1 N–H and O–H groups in total. The van der Waals surface area contributed by atoms with Crippen molar-refractivity contribution in [3.63, 3.8) is 0 Å². The molecule has 132 valence electrons. The van der Waals surface area contributed by atoms with Gasteiger partial charge in [-0.25, -0.2) is 4.98 Å². The Hall–Kier alpha value is -2.63. The lowest BCUT2D eigenvalue weighted by molar-refractivity contribution is -0.140. The molecule has 1 aromatic carbocycles. The Labute approximate surface area is 147 Å². The maximum absolute atomic E-state index is 12.8. The van der Waals surface area contributed by atoms with E-state index in [-0.39, 0.29) is 17.9 Å². The minimum absolute atomic E-state index is 0.0783. The molecule has 1 fully saturated rings. The average molecular weight is 340 g/mol. The molecule has 3 rings (SSSR count). The zero-order valence-electron chi connectivity index (χ0n) is 14.5. The van der Waals surface area contributed by atoms with Crippen LogP contribution in [0.5, 0.6) is 0 Å². The first kappa shape index (κ1) is 17.2. The van der Waals surface area contributed by atoms with Crippen molar-refractivity contribution in [2.24, 2.45) is 0 Å². The molecular weight excluding hydrogens is 316 g/mol. The first-order valence-electron chi connectivity index (χ1n) is 8.87. The van der Waals surface area contributed by atoms with E-state index in [1.54, 1.807) is 17.4 Å². The second kappa shape index (κ2) is 7.96. The van der Waals surface area contributed by atoms with Crippen LogP contribution in [0.15, 0.2) is 43.0 Å². The van der Waals surface area contributed by atoms with Crippen LogP contribution in [-0.4, -0.2) is 38.9 Å². The fraction of sp³-hybridized carbons (Fsp3) is 0.421. The highest BCUT2D eigenvalue weighted by molar-refractivity contribution is 5.97. The topological polar surface area (TPSA) is 67.2 Å². The third-order valence-electron chi connectivity index (χ3n) is 4.51. The molecule has 6 heteroatoms. The van der Waals surface area contributed by atoms with Crippen LogP contribution >= 0.6 is 0 Å². The SMILES string of the molecule is CCCC(=O)N1CCCCC1C(=O)Nc1cccc(-n2ccnc2)c1. The Morgan fingerprint density at radius 1 is 1.32 bits per heavy atom. The molecule has 1 unspecified atom stereocenters. The van der Waals surface area contributed by atoms with Crippen molar-refractivity contribution < 1.29 is 9.59 Å². The lowest BCUT2D eigenvalue weighted by Gasteiger charge is -2.34. The minimum atomic E-state index is -0.371. The Kier molecular flexibility index (Phi) is 5.48. The van der Waals surface area contributed by atoms with Crippen LogP contribution in [0.1, 0.15) is 39.0 Å². The number of nitrogens with one attached hydrogen (secondary N) is 1. The Bertz CT molecular complexity index is 727. The zero-order valence-corrected chi connectivity index (χ0v) is 14.5. The second-order valence-corrected chi connectivity index (χ2v) is 6.36. The van der Waals surface area contributed by atoms with Crippen LogP contribution < -0.4 is 5.32 Å². The van der Waals surface area contributed by atoms with Gasteiger partial charge in [-0.05, 0) is 43.9 Å². The van der Waals surface area contributed by atoms with Gasteiger partial charge in [-0.2, -0.15) is 0 Å². The van der Waals surface area contributed by atoms with Gasteiger partial charge in [0.05, 0.1) is 6.33 Å². The molecule has 1 atom stereocenters. The molecule has 2 heterocycles. The van der Waals surface area contributed by atoms with Gasteiger partial charge in [0.1, 0.15) is 6.04 Å². The summed E-state index contributed by atoms with van der Waals surface area (Å²) < 4.78 is 1.88. The van der Waals surface area contributed by atoms with Gasteiger partial charge in [-0.3, -0.25) is 9.59 Å². The van der Waals surface area contributed by atoms with E-state index in [0.29, 0.717) is 13.0 Å². The van der Waals surface area contributed by atoms with E-state index in [0.717, 1.165) is 37.1 Å². The van der Waals surface area contributed by atoms with Crippen LogP contribution in [0.4, 0.5) is 5.69 Å². The summed E-state index contributed by atoms with van der Waals surface area (Å²) in [6.07, 6.45) is 9.25. The monoisotopic (exact) mass is 340 g/mol. The summed E-state index contributed by atoms with van der Waals surface area (Å²) in [6, 6.07) is 7.24. The molecule has 1 aliphatic heterocycles. The summed E-state index contributed by atoms with van der Waals surface area (Å²) in [5, 5.41) is 2.97. The molecule has 0 spiro atoms. The van der Waals surface area contributed by atoms with Gasteiger partial charge >= 0.3 is 0 Å². The van der Waals surface area contributed by atoms with Gasteiger partial charge in [0.25, 0.3) is 0 Å². The van der Waals surface area contributed by atoms with Gasteiger partial charge in [-0.15, -0.1) is 0 Å². The fourth-order valence-electron chi connectivity index (χ4n) is 3.24. The van der Waals surface area contributed by atoms with Crippen molar-refractivity contribution in [3.05, 3.63) is 43.0 Å². The smallest absolute Gasteiger partial charge is 0.247 e. The molecule has 1 aliphatic rings. The molecule has 0 bridgehead atoms. The van der Waals surface area contributed by atoms with Crippen molar-refractivity contribution in [2.45, 2.75) is 45.1 Å². The van der Waals surface area contributed by atoms with E-state index in [9.17, 15) is 9.59 Å². The number of benzene rings is 1. The van der Waals surface area contributed by atoms with Crippen molar-refractivity contribution in [1.82, 2.24) is 14.5 Å². The molecule has 6 nitrogen and oxygen atoms in total. The van der Waals surface area contributed by atoms with E-state index in [1.165, 1.54) is 0 Å². The van der Waals surface area contributed by atoms with Gasteiger partial charge in [-0.1, -0.05) is 13.0 Å². The lowest BCUT2D eigenvalue weighted by Crippen LogP contribution is -2.49. The molecule has 2 aromatic rings. The number of rotatable bonds is 5. The van der Waals surface area contributed by atoms with E-state index in [4.69, 9.17) is 0 Å². The predicted octanol–water partition coefficient (Wildman–Crippen LogP) is 2.99. The molecular formula is C19H24N4O2. The number of likely N-dealkylation sites (tertiary alicyclic amines) is 1. The highest BCUT2D eigenvalue weighted by Crippen LogP contribution is 2.21. The summed E-state index contributed by atoms with van der Waals surface area (Å²) in [5.74, 6) is -0.0264. The molecule has 1 aromatic heterocycles. The van der Waals surface area contributed by atoms with E-state index >= 15 is 0 Å². The van der Waals surface area contributed by atoms with Crippen molar-refractivity contribution in [3.8, 4) is 5.69 Å². The van der Waals surface area contributed by atoms with E-state index < -0.39 is 0 Å². The number of amides is 2. The van der Waals surface area contributed by atoms with Gasteiger partial charge in [0.2, 0.25) is 11.8 Å². The van der Waals surface area contributed by atoms with Crippen LogP contribution in [0.2, 0.25) is 0 Å². The number of carbonyl (C=O) groups excluding carboxylic acids is 2. The van der Waals surface area contributed by atoms with E-state index in [2.05, 4.69) is 10.3 Å². The molecule has 0 aliphatic carbocycles. The summed E-state index contributed by atoms with van der Waals surface area (Å²) >= 11 is 0. The fourth-order valence-corrected chi connectivity index (χ4v) is 3.24. The first-order valence-corrected chi connectivity index (χ1v) is 8.87. The van der Waals surface area contributed by atoms with Gasteiger partial charge in [0.15, 0.2) is 0 Å². The third-order valence-corrected chi connectivity index (χ3v) is 4.51. The first-order chi connectivity index (χ1) is 12.2. The van der Waals surface area contributed by atoms with Crippen LogP contribution in [0.25, 0.3) is 5.69 Å². The molecule has 25 heavy (non-hydrogen) atoms. The van der Waals surface area contributed by atoms with E-state index in [1.807, 2.05) is 42.0 Å². The van der Waals surface area contributed by atoms with Crippen LogP contribution in [-0.2, 0) is 9.59 Å². The van der Waals surface area contributed by atoms with Gasteiger partial charge < -0.3 is 14.8 Å². The van der Waals surface area contributed by atoms with Crippen molar-refractivity contribution in [1.29, 1.82) is 0 Å². The maximum Gasteiger partial charge on any atom is 0.247 e. The number of carbonyl (C=O) groups is 2. The number of nitrogens with zero attached hydrogens (tertiary/aromatic N) is 3. The predicted molar refractivity (Wildman–Crippen MR) is 96.5 cm³/mol. The van der Waals surface area contributed by atoms with Crippen molar-refractivity contribution in [2.75, 3.05) is 11.9 Å². The van der Waals surface area contributed by atoms with Crippen LogP contribution in [0, 0.1) is 0 Å². The normalized spacial score (nSPS) is 17.3. The Morgan fingerprint density at radius 2 is 2.20 bits per heavy atom. The molecule has 2 amide bonds. The maximum atomic E-state index is 12.8. The number of hydrogen-bond donors (Lipinski definition) is 1. The summed E-state index contributed by atoms with van der Waals surface area (Å²) in [7, 11) is 0. The highest BCUT2D eigenvalue weighted by atomic mass is 16.2. The number of aromatic nitrogens is 2. The zero-order chi connectivity index (χ0) is 17.6. The highest BCUT2D eigenvalue weighted by Gasteiger charge is 2.31. The summed E-state index contributed by atoms with van der Waals surface area (Å²) in [5.41, 5.74) is 1.66. The third kappa shape index (κ3) is 4.07. The lowest BCUT2D eigenvalue weighted by atomic mass is 10.0. The largest absolute Gasteiger partial charge is 0.331 e. The Balaban J connectivity index is 1.72. The standard InChI is InChI=1S/C19H24N4O2/c1-2-6-18(24)23-11-4-3-9-17(23)19(25)21-15-7-5-8-16(13-15)22-12-10-20-14-22/h5,7-8,10,12-14,17H,2-4,6,9,11H2,1H3,(H,21,25).